The molecule has 0 aromatic heterocycles. The number of nitrogens with zero attached hydrogens (tertiary/aromatic N) is 1. The Labute approximate surface area is 97.0 Å². The molecule has 0 fully saturated rings. The molecule has 0 aliphatic heterocycles. The fourth-order valence-electron chi connectivity index (χ4n) is 1.13. The Morgan fingerprint density at radius 1 is 1.65 bits per heavy atom. The number of carboxylic acid groups (broad SMARTS) is 1. The van der Waals surface area contributed by atoms with E-state index in [0.29, 0.717) is 0 Å². The van der Waals surface area contributed by atoms with Crippen molar-refractivity contribution in [1.29, 1.82) is 5.26 Å². The molecule has 0 spiro atoms. The summed E-state index contributed by atoms with van der Waals surface area (Å²) in [6.07, 6.45) is -1.22. The Morgan fingerprint density at radius 2 is 2.35 bits per heavy atom. The van der Waals surface area contributed by atoms with Gasteiger partial charge in [-0.3, -0.25) is 0 Å². The summed E-state index contributed by atoms with van der Waals surface area (Å²) in [4.78, 5) is 10.8. The topological polar surface area (TPSA) is 79.5 Å². The Kier molecular flexibility index (Phi) is 4.43. The number of methoxy groups -OCH3 is 1. The molecule has 0 bridgehead atoms. The average molecular weight is 239 g/mol. The van der Waals surface area contributed by atoms with Crippen LogP contribution in [0.25, 0.3) is 0 Å². The van der Waals surface area contributed by atoms with Crippen molar-refractivity contribution >= 4 is 5.97 Å². The molecular formula is C11H10FNO4. The Balaban J connectivity index is 2.84. The molecule has 1 aromatic rings. The van der Waals surface area contributed by atoms with Gasteiger partial charge in [-0.15, -0.1) is 0 Å². The van der Waals surface area contributed by atoms with Crippen LogP contribution in [0, 0.1) is 17.1 Å². The standard InChI is InChI=1S/C11H10FNO4/c1-16-6-10(11(14)15)17-8-3-2-7(5-13)9(12)4-8/h2-4,10H,6H2,1H3,(H,14,15). The van der Waals surface area contributed by atoms with E-state index in [1.54, 1.807) is 6.07 Å². The molecule has 1 atom stereocenters. The summed E-state index contributed by atoms with van der Waals surface area (Å²) >= 11 is 0. The van der Waals surface area contributed by atoms with Gasteiger partial charge < -0.3 is 14.6 Å². The lowest BCUT2D eigenvalue weighted by molar-refractivity contribution is -0.147. The minimum Gasteiger partial charge on any atom is -0.478 e. The van der Waals surface area contributed by atoms with Crippen LogP contribution in [0.2, 0.25) is 0 Å². The number of benzene rings is 1. The molecule has 90 valence electrons. The minimum absolute atomic E-state index is 0.0333. The largest absolute Gasteiger partial charge is 0.478 e. The number of hydrogen-bond acceptors (Lipinski definition) is 4. The maximum absolute atomic E-state index is 13.2. The number of nitriles is 1. The number of aliphatic carboxylic acids is 1. The molecule has 1 unspecified atom stereocenters. The van der Waals surface area contributed by atoms with Gasteiger partial charge >= 0.3 is 5.97 Å². The van der Waals surface area contributed by atoms with E-state index in [2.05, 4.69) is 4.74 Å². The van der Waals surface area contributed by atoms with Gasteiger partial charge in [0.25, 0.3) is 0 Å². The van der Waals surface area contributed by atoms with Gasteiger partial charge in [-0.1, -0.05) is 0 Å². The quantitative estimate of drug-likeness (QED) is 0.834. The van der Waals surface area contributed by atoms with Gasteiger partial charge in [0.1, 0.15) is 17.6 Å². The smallest absolute Gasteiger partial charge is 0.347 e. The van der Waals surface area contributed by atoms with Crippen LogP contribution < -0.4 is 4.74 Å². The number of halogens is 1. The molecule has 1 rings (SSSR count). The van der Waals surface area contributed by atoms with E-state index in [0.717, 1.165) is 6.07 Å². The van der Waals surface area contributed by atoms with Crippen LogP contribution >= 0.6 is 0 Å². The van der Waals surface area contributed by atoms with Crippen LogP contribution in [0.3, 0.4) is 0 Å². The average Bonchev–Trinajstić information content (AvgIpc) is 2.28. The van der Waals surface area contributed by atoms with Crippen LogP contribution in [-0.4, -0.2) is 30.9 Å². The van der Waals surface area contributed by atoms with Crippen LogP contribution in [0.4, 0.5) is 4.39 Å². The third-order valence-electron chi connectivity index (χ3n) is 1.93. The summed E-state index contributed by atoms with van der Waals surface area (Å²) < 4.78 is 22.9. The number of ether oxygens (including phenoxy) is 2. The number of carbonyl (C=O) groups is 1. The number of carboxylic acids is 1. The van der Waals surface area contributed by atoms with Crippen molar-refractivity contribution in [3.63, 3.8) is 0 Å². The molecule has 0 radical (unpaired) electrons. The summed E-state index contributed by atoms with van der Waals surface area (Å²) in [6.45, 7) is -0.156. The molecule has 1 aromatic carbocycles. The first-order valence-electron chi connectivity index (χ1n) is 4.66. The summed E-state index contributed by atoms with van der Waals surface area (Å²) in [5.41, 5.74) is -0.129. The van der Waals surface area contributed by atoms with Gasteiger partial charge in [-0.05, 0) is 12.1 Å². The number of rotatable bonds is 5. The molecule has 1 N–H and O–H groups in total. The van der Waals surface area contributed by atoms with Gasteiger partial charge in [-0.2, -0.15) is 5.26 Å². The molecule has 6 heteroatoms. The van der Waals surface area contributed by atoms with Gasteiger partial charge in [0.05, 0.1) is 12.2 Å². The van der Waals surface area contributed by atoms with Crippen molar-refractivity contribution < 1.29 is 23.8 Å². The van der Waals surface area contributed by atoms with Crippen molar-refractivity contribution in [1.82, 2.24) is 0 Å². The summed E-state index contributed by atoms with van der Waals surface area (Å²) in [5.74, 6) is -1.94. The Hall–Kier alpha value is -2.13. The van der Waals surface area contributed by atoms with Gasteiger partial charge in [0, 0.05) is 13.2 Å². The lowest BCUT2D eigenvalue weighted by Gasteiger charge is -2.14. The lowest BCUT2D eigenvalue weighted by Crippen LogP contribution is -2.31. The predicted molar refractivity (Wildman–Crippen MR) is 55.0 cm³/mol. The fraction of sp³-hybridized carbons (Fsp3) is 0.273. The van der Waals surface area contributed by atoms with Gasteiger partial charge in [-0.25, -0.2) is 9.18 Å². The Bertz CT molecular complexity index is 455. The zero-order valence-corrected chi connectivity index (χ0v) is 9.01. The van der Waals surface area contributed by atoms with E-state index < -0.39 is 17.9 Å². The van der Waals surface area contributed by atoms with Crippen LogP contribution in [-0.2, 0) is 9.53 Å². The first-order valence-corrected chi connectivity index (χ1v) is 4.66. The predicted octanol–water partition coefficient (Wildman–Crippen LogP) is 1.18. The Morgan fingerprint density at radius 3 is 2.82 bits per heavy atom. The van der Waals surface area contributed by atoms with Crippen LogP contribution in [0.5, 0.6) is 5.75 Å². The first kappa shape index (κ1) is 12.9. The molecular weight excluding hydrogens is 229 g/mol. The molecule has 0 amide bonds. The van der Waals surface area contributed by atoms with E-state index in [1.807, 2.05) is 0 Å². The van der Waals surface area contributed by atoms with Crippen molar-refractivity contribution in [2.24, 2.45) is 0 Å². The maximum Gasteiger partial charge on any atom is 0.347 e. The minimum atomic E-state index is -1.22. The molecule has 0 heterocycles. The highest BCUT2D eigenvalue weighted by Crippen LogP contribution is 2.17. The first-order chi connectivity index (χ1) is 8.08. The molecule has 5 nitrogen and oxygen atoms in total. The molecule has 0 aliphatic carbocycles. The summed E-state index contributed by atoms with van der Waals surface area (Å²) in [5, 5.41) is 17.3. The van der Waals surface area contributed by atoms with E-state index in [-0.39, 0.29) is 17.9 Å². The van der Waals surface area contributed by atoms with E-state index >= 15 is 0 Å². The highest BCUT2D eigenvalue weighted by atomic mass is 19.1. The highest BCUT2D eigenvalue weighted by molar-refractivity contribution is 5.72. The van der Waals surface area contributed by atoms with E-state index in [4.69, 9.17) is 15.1 Å². The van der Waals surface area contributed by atoms with Gasteiger partial charge in [0.2, 0.25) is 6.10 Å². The SMILES string of the molecule is COCC(Oc1ccc(C#N)c(F)c1)C(=O)O. The second kappa shape index (κ2) is 5.82. The van der Waals surface area contributed by atoms with Gasteiger partial charge in [0.15, 0.2) is 0 Å². The van der Waals surface area contributed by atoms with Crippen LogP contribution in [0.15, 0.2) is 18.2 Å². The second-order valence-electron chi connectivity index (χ2n) is 3.15. The normalized spacial score (nSPS) is 11.6. The van der Waals surface area contributed by atoms with Crippen molar-refractivity contribution in [2.75, 3.05) is 13.7 Å². The zero-order chi connectivity index (χ0) is 12.8. The third kappa shape index (κ3) is 3.43. The third-order valence-corrected chi connectivity index (χ3v) is 1.93. The monoisotopic (exact) mass is 239 g/mol. The van der Waals surface area contributed by atoms with Crippen molar-refractivity contribution in [2.45, 2.75) is 6.10 Å². The molecule has 0 saturated carbocycles. The molecule has 0 saturated heterocycles. The molecule has 0 aliphatic rings. The van der Waals surface area contributed by atoms with E-state index in [9.17, 15) is 9.18 Å². The number of hydrogen-bond donors (Lipinski definition) is 1. The summed E-state index contributed by atoms with van der Waals surface area (Å²) in [6, 6.07) is 5.16. The zero-order valence-electron chi connectivity index (χ0n) is 9.01. The van der Waals surface area contributed by atoms with Crippen LogP contribution in [0.1, 0.15) is 5.56 Å². The molecule has 17 heavy (non-hydrogen) atoms. The summed E-state index contributed by atoms with van der Waals surface area (Å²) in [7, 11) is 1.33. The van der Waals surface area contributed by atoms with Crippen molar-refractivity contribution in [3.05, 3.63) is 29.6 Å². The maximum atomic E-state index is 13.2. The highest BCUT2D eigenvalue weighted by Gasteiger charge is 2.19. The fourth-order valence-corrected chi connectivity index (χ4v) is 1.13. The van der Waals surface area contributed by atoms with Crippen molar-refractivity contribution in [3.8, 4) is 11.8 Å². The lowest BCUT2D eigenvalue weighted by atomic mass is 10.2. The second-order valence-corrected chi connectivity index (χ2v) is 3.15. The van der Waals surface area contributed by atoms with E-state index in [1.165, 1.54) is 19.2 Å².